The molecule has 2 rings (SSSR count). The molecule has 0 unspecified atom stereocenters. The van der Waals surface area contributed by atoms with Crippen LogP contribution in [0, 0.1) is 0 Å². The summed E-state index contributed by atoms with van der Waals surface area (Å²) in [7, 11) is 0. The number of aliphatic hydroxyl groups is 2. The summed E-state index contributed by atoms with van der Waals surface area (Å²) in [6, 6.07) is 1.24. The Morgan fingerprint density at radius 1 is 1.61 bits per heavy atom. The zero-order chi connectivity index (χ0) is 13.5. The Balaban J connectivity index is 2.42. The molecule has 0 amide bonds. The monoisotopic (exact) mass is 327 g/mol. The third kappa shape index (κ3) is 2.03. The van der Waals surface area contributed by atoms with E-state index in [9.17, 15) is 18.7 Å². The Morgan fingerprint density at radius 2 is 2.28 bits per heavy atom. The molecule has 6 nitrogen and oxygen atoms in total. The zero-order valence-electron chi connectivity index (χ0n) is 9.03. The Labute approximate surface area is 107 Å². The SMILES string of the molecule is Nc1ccn([C@@H]2[Se][C@H](CO)[C@@H](O)C2(F)F)c(=O)n1. The summed E-state index contributed by atoms with van der Waals surface area (Å²) in [5.41, 5.74) is 4.40. The molecule has 1 saturated heterocycles. The fraction of sp³-hybridized carbons (Fsp3) is 0.556. The molecule has 9 heteroatoms. The van der Waals surface area contributed by atoms with Gasteiger partial charge in [-0.1, -0.05) is 0 Å². The first-order valence-corrected chi connectivity index (χ1v) is 7.02. The van der Waals surface area contributed by atoms with E-state index in [1.165, 1.54) is 6.07 Å². The van der Waals surface area contributed by atoms with E-state index in [0.29, 0.717) is 0 Å². The molecule has 1 aliphatic rings. The number of nitrogens with zero attached hydrogens (tertiary/aromatic N) is 2. The van der Waals surface area contributed by atoms with Gasteiger partial charge in [-0.2, -0.15) is 0 Å². The molecule has 0 aromatic carbocycles. The van der Waals surface area contributed by atoms with Crippen LogP contribution in [0.25, 0.3) is 0 Å². The number of nitrogens with two attached hydrogens (primary N) is 1. The van der Waals surface area contributed by atoms with E-state index in [1.807, 2.05) is 0 Å². The fourth-order valence-corrected chi connectivity index (χ4v) is 4.58. The summed E-state index contributed by atoms with van der Waals surface area (Å²) in [4.78, 5) is 12.5. The van der Waals surface area contributed by atoms with Gasteiger partial charge in [0.15, 0.2) is 0 Å². The molecule has 0 saturated carbocycles. The van der Waals surface area contributed by atoms with Gasteiger partial charge in [0.25, 0.3) is 0 Å². The van der Waals surface area contributed by atoms with Crippen molar-refractivity contribution in [3.63, 3.8) is 0 Å². The molecule has 0 radical (unpaired) electrons. The van der Waals surface area contributed by atoms with Crippen LogP contribution in [0.15, 0.2) is 17.1 Å². The molecular weight excluding hydrogens is 315 g/mol. The zero-order valence-corrected chi connectivity index (χ0v) is 10.7. The number of hydrogen-bond acceptors (Lipinski definition) is 5. The first-order valence-electron chi connectivity index (χ1n) is 5.04. The van der Waals surface area contributed by atoms with Crippen LogP contribution >= 0.6 is 0 Å². The van der Waals surface area contributed by atoms with Gasteiger partial charge < -0.3 is 0 Å². The van der Waals surface area contributed by atoms with Crippen LogP contribution in [0.4, 0.5) is 14.6 Å². The van der Waals surface area contributed by atoms with Gasteiger partial charge in [-0.25, -0.2) is 0 Å². The first kappa shape index (κ1) is 13.4. The molecule has 1 aromatic heterocycles. The van der Waals surface area contributed by atoms with E-state index < -0.39 is 49.0 Å². The summed E-state index contributed by atoms with van der Waals surface area (Å²) in [6.07, 6.45) is -0.811. The number of halogens is 2. The molecule has 100 valence electrons. The second-order valence-corrected chi connectivity index (χ2v) is 6.65. The summed E-state index contributed by atoms with van der Waals surface area (Å²) in [5.74, 6) is -3.51. The van der Waals surface area contributed by atoms with Crippen LogP contribution in [0.5, 0.6) is 0 Å². The van der Waals surface area contributed by atoms with Gasteiger partial charge in [0.1, 0.15) is 0 Å². The molecule has 0 bridgehead atoms. The molecule has 1 fully saturated rings. The van der Waals surface area contributed by atoms with Crippen LogP contribution in [0.2, 0.25) is 4.82 Å². The fourth-order valence-electron chi connectivity index (χ4n) is 1.72. The van der Waals surface area contributed by atoms with Crippen molar-refractivity contribution in [1.29, 1.82) is 0 Å². The average Bonchev–Trinajstić information content (AvgIpc) is 2.52. The van der Waals surface area contributed by atoms with E-state index in [0.717, 1.165) is 10.8 Å². The Kier molecular flexibility index (Phi) is 3.41. The van der Waals surface area contributed by atoms with Crippen LogP contribution in [0.3, 0.4) is 0 Å². The van der Waals surface area contributed by atoms with Gasteiger partial charge in [-0.3, -0.25) is 0 Å². The van der Waals surface area contributed by atoms with Gasteiger partial charge in [0.2, 0.25) is 0 Å². The molecule has 0 aliphatic carbocycles. The molecule has 4 N–H and O–H groups in total. The second-order valence-electron chi connectivity index (χ2n) is 3.87. The topological polar surface area (TPSA) is 101 Å². The Morgan fingerprint density at radius 3 is 2.78 bits per heavy atom. The maximum atomic E-state index is 13.8. The van der Waals surface area contributed by atoms with Crippen LogP contribution in [-0.4, -0.2) is 53.4 Å². The number of rotatable bonds is 2. The first-order chi connectivity index (χ1) is 8.37. The van der Waals surface area contributed by atoms with Crippen LogP contribution < -0.4 is 11.4 Å². The van der Waals surface area contributed by atoms with Crippen molar-refractivity contribution in [3.05, 3.63) is 22.7 Å². The molecule has 1 aromatic rings. The van der Waals surface area contributed by atoms with E-state index in [-0.39, 0.29) is 5.82 Å². The molecular formula is C9H11F2N3O3Se. The molecule has 1 aliphatic heterocycles. The predicted octanol–water partition coefficient (Wildman–Crippen LogP) is -1.18. The summed E-state index contributed by atoms with van der Waals surface area (Å²) in [6.45, 7) is -0.537. The van der Waals surface area contributed by atoms with Crippen LogP contribution in [0.1, 0.15) is 4.94 Å². The van der Waals surface area contributed by atoms with Crippen molar-refractivity contribution >= 4 is 20.8 Å². The van der Waals surface area contributed by atoms with E-state index in [2.05, 4.69) is 4.98 Å². The number of hydrogen-bond donors (Lipinski definition) is 3. The average molecular weight is 326 g/mol. The van der Waals surface area contributed by atoms with Gasteiger partial charge in [0.05, 0.1) is 0 Å². The van der Waals surface area contributed by atoms with E-state index in [4.69, 9.17) is 10.8 Å². The van der Waals surface area contributed by atoms with Crippen molar-refractivity contribution in [2.45, 2.75) is 21.8 Å². The normalized spacial score (nSPS) is 30.6. The van der Waals surface area contributed by atoms with Crippen molar-refractivity contribution in [3.8, 4) is 0 Å². The van der Waals surface area contributed by atoms with Gasteiger partial charge in [-0.15, -0.1) is 0 Å². The predicted molar refractivity (Wildman–Crippen MR) is 59.5 cm³/mol. The van der Waals surface area contributed by atoms with Crippen molar-refractivity contribution < 1.29 is 19.0 Å². The molecule has 0 spiro atoms. The Bertz CT molecular complexity index is 510. The van der Waals surface area contributed by atoms with Crippen LogP contribution in [-0.2, 0) is 0 Å². The number of nitrogen functional groups attached to an aromatic ring is 1. The Hall–Kier alpha value is -1.02. The summed E-state index contributed by atoms with van der Waals surface area (Å²) in [5, 5.41) is 18.4. The minimum atomic E-state index is -3.46. The summed E-state index contributed by atoms with van der Waals surface area (Å²) >= 11 is -0.820. The maximum absolute atomic E-state index is 13.8. The quantitative estimate of drug-likeness (QED) is 0.594. The third-order valence-corrected chi connectivity index (χ3v) is 5.93. The van der Waals surface area contributed by atoms with E-state index in [1.54, 1.807) is 0 Å². The molecule has 18 heavy (non-hydrogen) atoms. The standard InChI is InChI=1S/C9H11F2N3O3Se/c10-9(11)6(16)4(3-15)18-7(9)14-2-1-5(12)13-8(14)17/h1-2,4,6-7,15-16H,3H2,(H2,12,13,17)/t4-,6-,7-/m1/s1. The third-order valence-electron chi connectivity index (χ3n) is 2.66. The number of alkyl halides is 2. The van der Waals surface area contributed by atoms with E-state index >= 15 is 0 Å². The van der Waals surface area contributed by atoms with Gasteiger partial charge in [0, 0.05) is 0 Å². The van der Waals surface area contributed by atoms with Gasteiger partial charge >= 0.3 is 106 Å². The molecule has 2 heterocycles. The minimum absolute atomic E-state index is 0.0516. The number of anilines is 1. The van der Waals surface area contributed by atoms with Crippen molar-refractivity contribution in [1.82, 2.24) is 9.55 Å². The van der Waals surface area contributed by atoms with Gasteiger partial charge in [-0.05, 0) is 0 Å². The van der Waals surface area contributed by atoms with Crippen molar-refractivity contribution in [2.24, 2.45) is 0 Å². The summed E-state index contributed by atoms with van der Waals surface area (Å²) < 4.78 is 28.5. The van der Waals surface area contributed by atoms with Crippen molar-refractivity contribution in [2.75, 3.05) is 12.3 Å². The number of aromatic nitrogens is 2. The number of aliphatic hydroxyl groups excluding tert-OH is 2. The second kappa shape index (κ2) is 4.58. The molecule has 3 atom stereocenters.